The van der Waals surface area contributed by atoms with Crippen molar-refractivity contribution in [2.24, 2.45) is 0 Å². The fraction of sp³-hybridized carbons (Fsp3) is 0.250. The Labute approximate surface area is 120 Å². The number of ether oxygens (including phenoxy) is 1. The molecule has 2 heterocycles. The van der Waals surface area contributed by atoms with Crippen LogP contribution in [0.25, 0.3) is 11.0 Å². The van der Waals surface area contributed by atoms with Crippen molar-refractivity contribution in [1.82, 2.24) is 15.0 Å². The Balaban J connectivity index is 2.05. The predicted octanol–water partition coefficient (Wildman–Crippen LogP) is 0.883. The minimum Gasteiger partial charge on any atom is -0.386 e. The highest BCUT2D eigenvalue weighted by atomic mass is 19.4. The van der Waals surface area contributed by atoms with Crippen LogP contribution in [0.5, 0.6) is 0 Å². The molecule has 1 N–H and O–H groups in total. The van der Waals surface area contributed by atoms with Crippen LogP contribution in [0.1, 0.15) is 12.2 Å². The standard InChI is InChI=1S/C12H8F3N3O4/c13-12(14,15)11(21)22-8(19)4-3-7-17-9-6(10(20)18-7)2-1-5-16-9/h1-2,5H,3-4H2,(H,16,17,18,20). The number of hydrogen-bond acceptors (Lipinski definition) is 6. The van der Waals surface area contributed by atoms with E-state index in [0.29, 0.717) is 0 Å². The molecule has 0 aliphatic carbocycles. The normalized spacial score (nSPS) is 11.4. The average Bonchev–Trinajstić information content (AvgIpc) is 2.44. The summed E-state index contributed by atoms with van der Waals surface area (Å²) in [5, 5.41) is 0.237. The van der Waals surface area contributed by atoms with Crippen LogP contribution in [-0.2, 0) is 20.7 Å². The van der Waals surface area contributed by atoms with Crippen molar-refractivity contribution < 1.29 is 27.5 Å². The first-order valence-corrected chi connectivity index (χ1v) is 5.93. The highest BCUT2D eigenvalue weighted by molar-refractivity contribution is 5.88. The summed E-state index contributed by atoms with van der Waals surface area (Å²) in [6.07, 6.45) is -4.58. The summed E-state index contributed by atoms with van der Waals surface area (Å²) in [6.45, 7) is 0. The molecule has 0 saturated heterocycles. The molecule has 0 saturated carbocycles. The first-order valence-electron chi connectivity index (χ1n) is 5.93. The SMILES string of the molecule is O=C(CCc1nc2ncccc2c(=O)[nH]1)OC(=O)C(F)(F)F. The van der Waals surface area contributed by atoms with E-state index in [9.17, 15) is 27.6 Å². The monoisotopic (exact) mass is 315 g/mol. The first-order chi connectivity index (χ1) is 10.3. The average molecular weight is 315 g/mol. The maximum Gasteiger partial charge on any atom is 0.491 e. The smallest absolute Gasteiger partial charge is 0.386 e. The fourth-order valence-electron chi connectivity index (χ4n) is 1.57. The Morgan fingerprint density at radius 1 is 1.32 bits per heavy atom. The van der Waals surface area contributed by atoms with E-state index >= 15 is 0 Å². The van der Waals surface area contributed by atoms with Crippen molar-refractivity contribution in [3.63, 3.8) is 0 Å². The van der Waals surface area contributed by atoms with E-state index < -0.39 is 30.1 Å². The number of fused-ring (bicyclic) bond motifs is 1. The van der Waals surface area contributed by atoms with Gasteiger partial charge in [-0.2, -0.15) is 13.2 Å². The van der Waals surface area contributed by atoms with Gasteiger partial charge < -0.3 is 9.72 Å². The molecule has 0 spiro atoms. The van der Waals surface area contributed by atoms with E-state index in [-0.39, 0.29) is 23.3 Å². The Hall–Kier alpha value is -2.78. The molecule has 0 unspecified atom stereocenters. The molecule has 2 aromatic rings. The van der Waals surface area contributed by atoms with Crippen LogP contribution < -0.4 is 5.56 Å². The third-order valence-electron chi connectivity index (χ3n) is 2.53. The summed E-state index contributed by atoms with van der Waals surface area (Å²) >= 11 is 0. The maximum absolute atomic E-state index is 11.9. The lowest BCUT2D eigenvalue weighted by molar-refractivity contribution is -0.201. The Bertz CT molecular complexity index is 785. The van der Waals surface area contributed by atoms with Crippen LogP contribution in [0, 0.1) is 0 Å². The van der Waals surface area contributed by atoms with Gasteiger partial charge in [0.2, 0.25) is 0 Å². The van der Waals surface area contributed by atoms with Gasteiger partial charge in [0, 0.05) is 12.6 Å². The second-order valence-electron chi connectivity index (χ2n) is 4.15. The molecule has 0 aliphatic rings. The number of aromatic nitrogens is 3. The molecule has 0 radical (unpaired) electrons. The Kier molecular flexibility index (Phi) is 4.20. The number of H-pyrrole nitrogens is 1. The van der Waals surface area contributed by atoms with Gasteiger partial charge in [0.25, 0.3) is 5.56 Å². The summed E-state index contributed by atoms with van der Waals surface area (Å²) in [5.74, 6) is -3.90. The van der Waals surface area contributed by atoms with Crippen molar-refractivity contribution in [2.75, 3.05) is 0 Å². The number of nitrogens with zero attached hydrogens (tertiary/aromatic N) is 2. The van der Waals surface area contributed by atoms with Gasteiger partial charge in [0.05, 0.1) is 11.8 Å². The Morgan fingerprint density at radius 3 is 2.73 bits per heavy atom. The van der Waals surface area contributed by atoms with E-state index in [2.05, 4.69) is 19.7 Å². The van der Waals surface area contributed by atoms with Gasteiger partial charge in [0.15, 0.2) is 5.65 Å². The summed E-state index contributed by atoms with van der Waals surface area (Å²) in [6, 6.07) is 3.03. The number of pyridine rings is 1. The number of aromatic amines is 1. The molecule has 22 heavy (non-hydrogen) atoms. The van der Waals surface area contributed by atoms with E-state index in [1.54, 1.807) is 6.07 Å². The molecule has 116 valence electrons. The summed E-state index contributed by atoms with van der Waals surface area (Å²) in [4.78, 5) is 43.5. The number of nitrogens with one attached hydrogen (secondary N) is 1. The van der Waals surface area contributed by atoms with Crippen molar-refractivity contribution in [1.29, 1.82) is 0 Å². The van der Waals surface area contributed by atoms with Crippen LogP contribution >= 0.6 is 0 Å². The van der Waals surface area contributed by atoms with E-state index in [4.69, 9.17) is 0 Å². The van der Waals surface area contributed by atoms with Crippen LogP contribution in [0.3, 0.4) is 0 Å². The maximum atomic E-state index is 11.9. The lowest BCUT2D eigenvalue weighted by Gasteiger charge is -2.05. The zero-order chi connectivity index (χ0) is 16.3. The third-order valence-corrected chi connectivity index (χ3v) is 2.53. The zero-order valence-electron chi connectivity index (χ0n) is 10.8. The molecule has 0 bridgehead atoms. The number of carbonyl (C=O) groups is 2. The second kappa shape index (κ2) is 5.92. The van der Waals surface area contributed by atoms with Gasteiger partial charge in [-0.15, -0.1) is 0 Å². The predicted molar refractivity (Wildman–Crippen MR) is 65.6 cm³/mol. The fourth-order valence-corrected chi connectivity index (χ4v) is 1.57. The molecule has 10 heteroatoms. The van der Waals surface area contributed by atoms with Crippen LogP contribution in [0.15, 0.2) is 23.1 Å². The molecule has 0 amide bonds. The highest BCUT2D eigenvalue weighted by Gasteiger charge is 2.42. The molecule has 0 aliphatic heterocycles. The minimum atomic E-state index is -5.24. The molecule has 7 nitrogen and oxygen atoms in total. The van der Waals surface area contributed by atoms with Gasteiger partial charge in [-0.3, -0.25) is 9.59 Å². The van der Waals surface area contributed by atoms with Gasteiger partial charge in [-0.1, -0.05) is 0 Å². The van der Waals surface area contributed by atoms with E-state index in [0.717, 1.165) is 0 Å². The number of hydrogen-bond donors (Lipinski definition) is 1. The summed E-state index contributed by atoms with van der Waals surface area (Å²) < 4.78 is 39.3. The van der Waals surface area contributed by atoms with Crippen molar-refractivity contribution >= 4 is 23.0 Å². The lowest BCUT2D eigenvalue weighted by Crippen LogP contribution is -2.28. The quantitative estimate of drug-likeness (QED) is 0.666. The minimum absolute atomic E-state index is 0.0487. The van der Waals surface area contributed by atoms with Crippen molar-refractivity contribution in [3.8, 4) is 0 Å². The van der Waals surface area contributed by atoms with Gasteiger partial charge >= 0.3 is 18.1 Å². The molecular weight excluding hydrogens is 307 g/mol. The molecule has 2 aromatic heterocycles. The molecule has 0 aromatic carbocycles. The second-order valence-corrected chi connectivity index (χ2v) is 4.15. The highest BCUT2D eigenvalue weighted by Crippen LogP contribution is 2.17. The van der Waals surface area contributed by atoms with Gasteiger partial charge in [-0.05, 0) is 12.1 Å². The van der Waals surface area contributed by atoms with Crippen molar-refractivity contribution in [2.45, 2.75) is 19.0 Å². The summed E-state index contributed by atoms with van der Waals surface area (Å²) in [7, 11) is 0. The number of alkyl halides is 3. The number of aryl methyl sites for hydroxylation is 1. The molecule has 2 rings (SSSR count). The van der Waals surface area contributed by atoms with Crippen molar-refractivity contribution in [3.05, 3.63) is 34.5 Å². The molecule has 0 atom stereocenters. The van der Waals surface area contributed by atoms with Crippen LogP contribution in [0.4, 0.5) is 13.2 Å². The van der Waals surface area contributed by atoms with E-state index in [1.807, 2.05) is 0 Å². The van der Waals surface area contributed by atoms with Gasteiger partial charge in [-0.25, -0.2) is 14.8 Å². The first kappa shape index (κ1) is 15.6. The summed E-state index contributed by atoms with van der Waals surface area (Å²) in [5.41, 5.74) is -0.353. The largest absolute Gasteiger partial charge is 0.491 e. The number of esters is 2. The lowest BCUT2D eigenvalue weighted by atomic mass is 10.3. The van der Waals surface area contributed by atoms with Crippen LogP contribution in [-0.4, -0.2) is 33.1 Å². The molecule has 0 fully saturated rings. The number of halogens is 3. The third kappa shape index (κ3) is 3.65. The van der Waals surface area contributed by atoms with Gasteiger partial charge in [0.1, 0.15) is 5.82 Å². The number of rotatable bonds is 3. The zero-order valence-corrected chi connectivity index (χ0v) is 10.8. The number of carbonyl (C=O) groups excluding carboxylic acids is 2. The Morgan fingerprint density at radius 2 is 2.05 bits per heavy atom. The van der Waals surface area contributed by atoms with Crippen LogP contribution in [0.2, 0.25) is 0 Å². The molecular formula is C12H8F3N3O4. The topological polar surface area (TPSA) is 102 Å². The van der Waals surface area contributed by atoms with E-state index in [1.165, 1.54) is 12.3 Å².